The van der Waals surface area contributed by atoms with E-state index >= 15 is 0 Å². The Morgan fingerprint density at radius 3 is 2.08 bits per heavy atom. The van der Waals surface area contributed by atoms with Crippen molar-refractivity contribution < 1.29 is 5.11 Å². The molecule has 0 bridgehead atoms. The number of aliphatic hydroxyl groups is 1. The third-order valence-electron chi connectivity index (χ3n) is 4.18. The first kappa shape index (κ1) is 10.9. The fourth-order valence-corrected chi connectivity index (χ4v) is 5.76. The van der Waals surface area contributed by atoms with E-state index in [9.17, 15) is 5.11 Å². The van der Waals surface area contributed by atoms with Crippen molar-refractivity contribution in [3.8, 4) is 0 Å². The van der Waals surface area contributed by atoms with Gasteiger partial charge in [0.2, 0.25) is 0 Å². The first-order valence-corrected chi connectivity index (χ1v) is 6.96. The number of hydrogen-bond donors (Lipinski definition) is 1. The van der Waals surface area contributed by atoms with Crippen molar-refractivity contribution in [2.75, 3.05) is 0 Å². The Hall–Kier alpha value is 1.40. The molecule has 0 aromatic rings. The van der Waals surface area contributed by atoms with E-state index in [1.165, 1.54) is 0 Å². The Labute approximate surface area is 104 Å². The number of fused-ring (bicyclic) bond motifs is 1. The average molecular weight is 377 g/mol. The van der Waals surface area contributed by atoms with Crippen molar-refractivity contribution in [3.05, 3.63) is 0 Å². The molecule has 13 heavy (non-hydrogen) atoms. The van der Waals surface area contributed by atoms with Crippen LogP contribution in [0.15, 0.2) is 0 Å². The molecular formula is C9H13Br3O. The van der Waals surface area contributed by atoms with Crippen LogP contribution < -0.4 is 0 Å². The van der Waals surface area contributed by atoms with Crippen molar-refractivity contribution in [2.45, 2.75) is 40.9 Å². The van der Waals surface area contributed by atoms with Gasteiger partial charge in [0.25, 0.3) is 0 Å². The molecule has 0 radical (unpaired) electrons. The van der Waals surface area contributed by atoms with Gasteiger partial charge in [0.05, 0.1) is 9.34 Å². The predicted octanol–water partition coefficient (Wildman–Crippen LogP) is 3.42. The molecule has 2 aliphatic rings. The lowest BCUT2D eigenvalue weighted by Crippen LogP contribution is -2.33. The third-order valence-corrected chi connectivity index (χ3v) is 8.61. The fourth-order valence-electron chi connectivity index (χ4n) is 2.73. The highest BCUT2D eigenvalue weighted by atomic mass is 79.9. The Morgan fingerprint density at radius 2 is 1.62 bits per heavy atom. The summed E-state index contributed by atoms with van der Waals surface area (Å²) in [5, 5.41) is 9.80. The van der Waals surface area contributed by atoms with Crippen molar-refractivity contribution in [2.24, 2.45) is 10.8 Å². The summed E-state index contributed by atoms with van der Waals surface area (Å²) in [7, 11) is 0. The lowest BCUT2D eigenvalue weighted by molar-refractivity contribution is 0.0888. The molecule has 4 heteroatoms. The molecule has 4 atom stereocenters. The number of hydrogen-bond acceptors (Lipinski definition) is 1. The molecule has 0 spiro atoms. The van der Waals surface area contributed by atoms with Gasteiger partial charge in [0.15, 0.2) is 0 Å². The highest BCUT2D eigenvalue weighted by Gasteiger charge is 2.81. The van der Waals surface area contributed by atoms with E-state index in [2.05, 4.69) is 61.6 Å². The summed E-state index contributed by atoms with van der Waals surface area (Å²) in [5.41, 5.74) is 0.442. The van der Waals surface area contributed by atoms with Gasteiger partial charge in [0, 0.05) is 15.7 Å². The maximum Gasteiger partial charge on any atom is 0.0925 e. The van der Waals surface area contributed by atoms with Gasteiger partial charge >= 0.3 is 0 Å². The van der Waals surface area contributed by atoms with Crippen LogP contribution in [0.3, 0.4) is 0 Å². The third kappa shape index (κ3) is 1.07. The van der Waals surface area contributed by atoms with E-state index in [-0.39, 0.29) is 25.0 Å². The largest absolute Gasteiger partial charge is 0.392 e. The zero-order valence-electron chi connectivity index (χ0n) is 7.65. The average Bonchev–Trinajstić information content (AvgIpc) is 2.30. The molecule has 0 aromatic heterocycles. The van der Waals surface area contributed by atoms with Crippen LogP contribution in [-0.2, 0) is 0 Å². The summed E-state index contributed by atoms with van der Waals surface area (Å²) < 4.78 is 0.0174. The predicted molar refractivity (Wildman–Crippen MR) is 64.8 cm³/mol. The molecule has 2 rings (SSSR count). The van der Waals surface area contributed by atoms with Crippen molar-refractivity contribution in [3.63, 3.8) is 0 Å². The van der Waals surface area contributed by atoms with Gasteiger partial charge in [-0.3, -0.25) is 0 Å². The standard InChI is InChI=1S/C9H13Br3O/c1-7-3-5(10)6(13)4-8(7,2)9(7,11)12/h5-6,13H,3-4H2,1-2H3. The molecule has 0 aliphatic heterocycles. The van der Waals surface area contributed by atoms with Crippen LogP contribution in [-0.4, -0.2) is 19.3 Å². The summed E-state index contributed by atoms with van der Waals surface area (Å²) >= 11 is 11.0. The maximum atomic E-state index is 9.80. The molecule has 0 heterocycles. The molecule has 1 nitrogen and oxygen atoms in total. The highest BCUT2D eigenvalue weighted by Crippen LogP contribution is 2.84. The zero-order valence-corrected chi connectivity index (χ0v) is 12.4. The van der Waals surface area contributed by atoms with Gasteiger partial charge < -0.3 is 5.11 Å². The fraction of sp³-hybridized carbons (Fsp3) is 1.00. The minimum atomic E-state index is -0.213. The lowest BCUT2D eigenvalue weighted by atomic mass is 9.80. The van der Waals surface area contributed by atoms with Crippen LogP contribution in [0.1, 0.15) is 26.7 Å². The monoisotopic (exact) mass is 374 g/mol. The summed E-state index contributed by atoms with van der Waals surface area (Å²) in [6.45, 7) is 4.51. The first-order chi connectivity index (χ1) is 5.76. The molecule has 0 aromatic carbocycles. The van der Waals surface area contributed by atoms with Gasteiger partial charge in [-0.15, -0.1) is 0 Å². The van der Waals surface area contributed by atoms with Gasteiger partial charge in [-0.25, -0.2) is 0 Å². The Kier molecular flexibility index (Phi) is 2.30. The van der Waals surface area contributed by atoms with E-state index in [4.69, 9.17) is 0 Å². The number of rotatable bonds is 0. The van der Waals surface area contributed by atoms with Crippen LogP contribution in [0.5, 0.6) is 0 Å². The molecule has 0 saturated heterocycles. The molecule has 1 N–H and O–H groups in total. The van der Waals surface area contributed by atoms with Crippen molar-refractivity contribution in [1.82, 2.24) is 0 Å². The maximum absolute atomic E-state index is 9.80. The topological polar surface area (TPSA) is 20.2 Å². The quantitative estimate of drug-likeness (QED) is 0.642. The minimum Gasteiger partial charge on any atom is -0.392 e. The molecule has 2 aliphatic carbocycles. The summed E-state index contributed by atoms with van der Waals surface area (Å²) in [5.74, 6) is 0. The van der Waals surface area contributed by atoms with Crippen molar-refractivity contribution in [1.29, 1.82) is 0 Å². The van der Waals surface area contributed by atoms with Crippen molar-refractivity contribution >= 4 is 47.8 Å². The lowest BCUT2D eigenvalue weighted by Gasteiger charge is -2.31. The van der Waals surface area contributed by atoms with Gasteiger partial charge in [-0.05, 0) is 12.8 Å². The Bertz CT molecular complexity index is 231. The molecule has 2 fully saturated rings. The van der Waals surface area contributed by atoms with E-state index in [0.717, 1.165) is 12.8 Å². The second-order valence-corrected chi connectivity index (χ2v) is 9.35. The van der Waals surface area contributed by atoms with E-state index in [1.54, 1.807) is 0 Å². The summed E-state index contributed by atoms with van der Waals surface area (Å²) in [4.78, 5) is 0.238. The molecular weight excluding hydrogens is 364 g/mol. The molecule has 76 valence electrons. The number of aliphatic hydroxyl groups excluding tert-OH is 1. The van der Waals surface area contributed by atoms with E-state index in [1.807, 2.05) is 0 Å². The number of alkyl halides is 3. The van der Waals surface area contributed by atoms with Gasteiger partial charge in [0.1, 0.15) is 0 Å². The second-order valence-electron chi connectivity index (χ2n) is 4.73. The summed E-state index contributed by atoms with van der Waals surface area (Å²) in [6, 6.07) is 0. The first-order valence-electron chi connectivity index (χ1n) is 4.46. The van der Waals surface area contributed by atoms with Crippen LogP contribution in [0.2, 0.25) is 0 Å². The Morgan fingerprint density at radius 1 is 1.15 bits per heavy atom. The van der Waals surface area contributed by atoms with Crippen LogP contribution in [0.25, 0.3) is 0 Å². The molecule has 0 amide bonds. The zero-order chi connectivity index (χ0) is 10.1. The van der Waals surface area contributed by atoms with E-state index < -0.39 is 0 Å². The molecule has 2 saturated carbocycles. The molecule has 4 unspecified atom stereocenters. The second kappa shape index (κ2) is 2.74. The van der Waals surface area contributed by atoms with Crippen LogP contribution >= 0.6 is 47.8 Å². The van der Waals surface area contributed by atoms with Gasteiger partial charge in [-0.1, -0.05) is 61.6 Å². The SMILES string of the molecule is CC12CC(O)C(Br)CC1(C)C2(Br)Br. The van der Waals surface area contributed by atoms with Gasteiger partial charge in [-0.2, -0.15) is 0 Å². The normalized spacial score (nSPS) is 58.6. The van der Waals surface area contributed by atoms with Crippen LogP contribution in [0.4, 0.5) is 0 Å². The highest BCUT2D eigenvalue weighted by molar-refractivity contribution is 9.25. The Balaban J connectivity index is 2.31. The van der Waals surface area contributed by atoms with Crippen LogP contribution in [0, 0.1) is 10.8 Å². The van der Waals surface area contributed by atoms with E-state index in [0.29, 0.717) is 0 Å². The smallest absolute Gasteiger partial charge is 0.0925 e. The minimum absolute atomic E-state index is 0.0174. The summed E-state index contributed by atoms with van der Waals surface area (Å²) in [6.07, 6.45) is 1.66. The number of halogens is 3.